The summed E-state index contributed by atoms with van der Waals surface area (Å²) in [5.74, 6) is 0.494. The molecule has 0 saturated carbocycles. The van der Waals surface area contributed by atoms with E-state index in [1.807, 2.05) is 41.8 Å². The zero-order valence-electron chi connectivity index (χ0n) is 9.97. The molecular weight excluding hydrogens is 324 g/mol. The molecule has 2 heterocycles. The van der Waals surface area contributed by atoms with Gasteiger partial charge < -0.3 is 5.73 Å². The Bertz CT molecular complexity index is 807. The van der Waals surface area contributed by atoms with Crippen LogP contribution in [0.25, 0.3) is 10.8 Å². The van der Waals surface area contributed by atoms with Gasteiger partial charge in [0.15, 0.2) is 0 Å². The number of anilines is 1. The molecular formula is C14H11BrN2OS. The molecule has 0 saturated heterocycles. The van der Waals surface area contributed by atoms with Gasteiger partial charge in [-0.25, -0.2) is 0 Å². The largest absolute Gasteiger partial charge is 0.385 e. The van der Waals surface area contributed by atoms with Crippen LogP contribution in [0.4, 0.5) is 5.82 Å². The van der Waals surface area contributed by atoms with Crippen LogP contribution in [0, 0.1) is 0 Å². The Morgan fingerprint density at radius 1 is 1.26 bits per heavy atom. The van der Waals surface area contributed by atoms with Gasteiger partial charge in [0.05, 0.1) is 6.54 Å². The summed E-state index contributed by atoms with van der Waals surface area (Å²) in [7, 11) is 0. The molecule has 0 aliphatic heterocycles. The fourth-order valence-electron chi connectivity index (χ4n) is 2.07. The van der Waals surface area contributed by atoms with Crippen molar-refractivity contribution in [1.29, 1.82) is 0 Å². The summed E-state index contributed by atoms with van der Waals surface area (Å²) < 4.78 is 2.64. The Labute approximate surface area is 122 Å². The molecule has 0 unspecified atom stereocenters. The van der Waals surface area contributed by atoms with Gasteiger partial charge in [0.25, 0.3) is 5.56 Å². The first-order valence-electron chi connectivity index (χ1n) is 5.76. The van der Waals surface area contributed by atoms with Crippen molar-refractivity contribution in [3.63, 3.8) is 0 Å². The zero-order valence-corrected chi connectivity index (χ0v) is 12.4. The average molecular weight is 335 g/mol. The van der Waals surface area contributed by atoms with Crippen molar-refractivity contribution in [3.05, 3.63) is 61.5 Å². The molecule has 0 radical (unpaired) electrons. The lowest BCUT2D eigenvalue weighted by Crippen LogP contribution is -2.23. The van der Waals surface area contributed by atoms with Gasteiger partial charge >= 0.3 is 0 Å². The Morgan fingerprint density at radius 3 is 2.79 bits per heavy atom. The van der Waals surface area contributed by atoms with Crippen LogP contribution in [0.5, 0.6) is 0 Å². The van der Waals surface area contributed by atoms with Crippen molar-refractivity contribution in [1.82, 2.24) is 4.57 Å². The zero-order chi connectivity index (χ0) is 13.4. The van der Waals surface area contributed by atoms with Crippen LogP contribution in [0.3, 0.4) is 0 Å². The van der Waals surface area contributed by atoms with Gasteiger partial charge in [-0.3, -0.25) is 9.36 Å². The number of hydrogen-bond acceptors (Lipinski definition) is 3. The number of nitrogens with zero attached hydrogens (tertiary/aromatic N) is 1. The summed E-state index contributed by atoms with van der Waals surface area (Å²) in [5, 5.41) is 3.58. The van der Waals surface area contributed by atoms with E-state index in [4.69, 9.17) is 5.73 Å². The highest BCUT2D eigenvalue weighted by atomic mass is 79.9. The van der Waals surface area contributed by atoms with Crippen molar-refractivity contribution < 1.29 is 0 Å². The maximum Gasteiger partial charge on any atom is 0.260 e. The number of aromatic nitrogens is 1. The first-order valence-corrected chi connectivity index (χ1v) is 7.43. The molecule has 0 aliphatic rings. The lowest BCUT2D eigenvalue weighted by atomic mass is 10.1. The summed E-state index contributed by atoms with van der Waals surface area (Å²) in [6.45, 7) is 0.506. The molecule has 3 aromatic rings. The van der Waals surface area contributed by atoms with Crippen molar-refractivity contribution in [2.45, 2.75) is 6.54 Å². The average Bonchev–Trinajstić information content (AvgIpc) is 2.80. The van der Waals surface area contributed by atoms with Crippen molar-refractivity contribution in [2.75, 3.05) is 5.73 Å². The number of halogens is 1. The molecule has 0 atom stereocenters. The number of nitrogens with two attached hydrogens (primary N) is 1. The molecule has 0 bridgehead atoms. The molecule has 19 heavy (non-hydrogen) atoms. The second-order valence-corrected chi connectivity index (χ2v) is 6.19. The molecule has 2 aromatic heterocycles. The van der Waals surface area contributed by atoms with Gasteiger partial charge in [-0.15, -0.1) is 11.3 Å². The third-order valence-electron chi connectivity index (χ3n) is 2.99. The molecule has 2 N–H and O–H groups in total. The minimum Gasteiger partial charge on any atom is -0.385 e. The normalized spacial score (nSPS) is 11.0. The SMILES string of the molecule is Nc1cc2ccccc2c(=O)n1Cc1cc(Br)cs1. The lowest BCUT2D eigenvalue weighted by Gasteiger charge is -2.10. The van der Waals surface area contributed by atoms with Crippen LogP contribution >= 0.6 is 27.3 Å². The van der Waals surface area contributed by atoms with Crippen LogP contribution in [-0.4, -0.2) is 4.57 Å². The summed E-state index contributed by atoms with van der Waals surface area (Å²) in [5.41, 5.74) is 5.96. The van der Waals surface area contributed by atoms with E-state index in [-0.39, 0.29) is 5.56 Å². The van der Waals surface area contributed by atoms with E-state index in [9.17, 15) is 4.79 Å². The number of benzene rings is 1. The number of thiophene rings is 1. The molecule has 0 aliphatic carbocycles. The third-order valence-corrected chi connectivity index (χ3v) is 4.67. The molecule has 0 spiro atoms. The Morgan fingerprint density at radius 2 is 2.05 bits per heavy atom. The molecule has 3 nitrogen and oxygen atoms in total. The molecule has 96 valence electrons. The standard InChI is InChI=1S/C14H11BrN2OS/c15-10-6-11(19-8-10)7-17-13(16)5-9-3-1-2-4-12(9)14(17)18/h1-6,8H,7,16H2. The van der Waals surface area contributed by atoms with E-state index in [2.05, 4.69) is 15.9 Å². The van der Waals surface area contributed by atoms with Gasteiger partial charge in [-0.05, 0) is 39.5 Å². The van der Waals surface area contributed by atoms with Gasteiger partial charge in [0.1, 0.15) is 5.82 Å². The summed E-state index contributed by atoms with van der Waals surface area (Å²) >= 11 is 5.02. The van der Waals surface area contributed by atoms with E-state index in [1.54, 1.807) is 15.9 Å². The summed E-state index contributed by atoms with van der Waals surface area (Å²) in [6, 6.07) is 11.4. The van der Waals surface area contributed by atoms with E-state index in [1.165, 1.54) is 0 Å². The topological polar surface area (TPSA) is 48.0 Å². The number of fused-ring (bicyclic) bond motifs is 1. The van der Waals surface area contributed by atoms with Crippen molar-refractivity contribution >= 4 is 43.9 Å². The van der Waals surface area contributed by atoms with Crippen LogP contribution in [0.2, 0.25) is 0 Å². The fourth-order valence-corrected chi connectivity index (χ4v) is 3.51. The maximum atomic E-state index is 12.4. The van der Waals surface area contributed by atoms with E-state index in [0.717, 1.165) is 14.7 Å². The Balaban J connectivity index is 2.15. The second kappa shape index (κ2) is 4.83. The molecule has 0 fully saturated rings. The predicted molar refractivity (Wildman–Crippen MR) is 83.7 cm³/mol. The van der Waals surface area contributed by atoms with Crippen molar-refractivity contribution in [2.24, 2.45) is 0 Å². The first kappa shape index (κ1) is 12.4. The highest BCUT2D eigenvalue weighted by Gasteiger charge is 2.08. The van der Waals surface area contributed by atoms with Gasteiger partial charge in [0.2, 0.25) is 0 Å². The van der Waals surface area contributed by atoms with Gasteiger partial charge in [-0.1, -0.05) is 18.2 Å². The third kappa shape index (κ3) is 2.31. The van der Waals surface area contributed by atoms with Crippen LogP contribution in [0.1, 0.15) is 4.88 Å². The first-order chi connectivity index (χ1) is 9.15. The van der Waals surface area contributed by atoms with Crippen LogP contribution < -0.4 is 11.3 Å². The van der Waals surface area contributed by atoms with E-state index < -0.39 is 0 Å². The minimum absolute atomic E-state index is 0.0416. The predicted octanol–water partition coefficient (Wildman–Crippen LogP) is 3.46. The van der Waals surface area contributed by atoms with E-state index in [0.29, 0.717) is 17.7 Å². The smallest absolute Gasteiger partial charge is 0.260 e. The molecule has 5 heteroatoms. The van der Waals surface area contributed by atoms with Crippen LogP contribution in [-0.2, 0) is 6.54 Å². The summed E-state index contributed by atoms with van der Waals surface area (Å²) in [6.07, 6.45) is 0. The number of rotatable bonds is 2. The minimum atomic E-state index is -0.0416. The van der Waals surface area contributed by atoms with Crippen molar-refractivity contribution in [3.8, 4) is 0 Å². The van der Waals surface area contributed by atoms with Gasteiger partial charge in [0, 0.05) is 20.1 Å². The van der Waals surface area contributed by atoms with Crippen LogP contribution in [0.15, 0.2) is 51.0 Å². The van der Waals surface area contributed by atoms with E-state index >= 15 is 0 Å². The highest BCUT2D eigenvalue weighted by Crippen LogP contribution is 2.21. The molecule has 1 aromatic carbocycles. The lowest BCUT2D eigenvalue weighted by molar-refractivity contribution is 0.792. The Hall–Kier alpha value is -1.59. The molecule has 0 amide bonds. The monoisotopic (exact) mass is 334 g/mol. The summed E-state index contributed by atoms with van der Waals surface area (Å²) in [4.78, 5) is 13.5. The van der Waals surface area contributed by atoms with Gasteiger partial charge in [-0.2, -0.15) is 0 Å². The number of hydrogen-bond donors (Lipinski definition) is 1. The second-order valence-electron chi connectivity index (χ2n) is 4.28. The number of pyridine rings is 1. The highest BCUT2D eigenvalue weighted by molar-refractivity contribution is 9.10. The maximum absolute atomic E-state index is 12.4. The quantitative estimate of drug-likeness (QED) is 0.780. The fraction of sp³-hybridized carbons (Fsp3) is 0.0714. The number of nitrogen functional groups attached to an aromatic ring is 1. The Kier molecular flexibility index (Phi) is 3.16. The molecule has 3 rings (SSSR count).